The van der Waals surface area contributed by atoms with Crippen molar-refractivity contribution >= 4 is 5.78 Å². The molecule has 1 aromatic carbocycles. The van der Waals surface area contributed by atoms with Gasteiger partial charge in [-0.05, 0) is 31.9 Å². The monoisotopic (exact) mass is 202 g/mol. The van der Waals surface area contributed by atoms with Gasteiger partial charge in [0.2, 0.25) is 5.78 Å². The summed E-state index contributed by atoms with van der Waals surface area (Å²) in [5, 5.41) is 0. The zero-order valence-corrected chi connectivity index (χ0v) is 8.99. The van der Waals surface area contributed by atoms with Crippen LogP contribution in [0.15, 0.2) is 30.3 Å². The summed E-state index contributed by atoms with van der Waals surface area (Å²) in [7, 11) is 0. The fourth-order valence-electron chi connectivity index (χ4n) is 0.942. The largest absolute Gasteiger partial charge is 0.370 e. The Bertz CT molecular complexity index is 369. The molecule has 0 aliphatic carbocycles. The molecule has 0 spiro atoms. The van der Waals surface area contributed by atoms with Crippen molar-refractivity contribution in [2.24, 2.45) is 0 Å². The predicted octanol–water partition coefficient (Wildman–Crippen LogP) is 2.03. The lowest BCUT2D eigenvalue weighted by atomic mass is 10.2. The molecule has 0 atom stereocenters. The summed E-state index contributed by atoms with van der Waals surface area (Å²) in [5.74, 6) is 5.14. The second kappa shape index (κ2) is 6.00. The molecule has 0 amide bonds. The maximum atomic E-state index is 11.2. The smallest absolute Gasteiger partial charge is 0.231 e. The van der Waals surface area contributed by atoms with E-state index in [0.717, 1.165) is 5.56 Å². The summed E-state index contributed by atoms with van der Waals surface area (Å²) in [6.45, 7) is 3.84. The van der Waals surface area contributed by atoms with Gasteiger partial charge in [-0.2, -0.15) is 0 Å². The molecule has 1 rings (SSSR count). The van der Waals surface area contributed by atoms with Gasteiger partial charge in [0.15, 0.2) is 0 Å². The third-order valence-electron chi connectivity index (χ3n) is 1.67. The maximum Gasteiger partial charge on any atom is 0.231 e. The van der Waals surface area contributed by atoms with Gasteiger partial charge in [0, 0.05) is 5.56 Å². The van der Waals surface area contributed by atoms with Gasteiger partial charge in [-0.3, -0.25) is 4.79 Å². The highest BCUT2D eigenvalue weighted by molar-refractivity contribution is 5.97. The minimum Gasteiger partial charge on any atom is -0.370 e. The molecule has 1 aromatic rings. The van der Waals surface area contributed by atoms with Crippen LogP contribution in [0.1, 0.15) is 19.4 Å². The Morgan fingerprint density at radius 2 is 2.00 bits per heavy atom. The van der Waals surface area contributed by atoms with Crippen molar-refractivity contribution in [1.29, 1.82) is 0 Å². The van der Waals surface area contributed by atoms with Gasteiger partial charge in [-0.25, -0.2) is 0 Å². The second-order valence-corrected chi connectivity index (χ2v) is 3.40. The topological polar surface area (TPSA) is 26.3 Å². The highest BCUT2D eigenvalue weighted by Crippen LogP contribution is 1.94. The highest BCUT2D eigenvalue weighted by Gasteiger charge is 1.98. The second-order valence-electron chi connectivity index (χ2n) is 3.40. The molecule has 0 fully saturated rings. The SMILES string of the molecule is CC(C)OCC(=O)C#Cc1ccccc1. The summed E-state index contributed by atoms with van der Waals surface area (Å²) in [6.07, 6.45) is 0.0625. The first-order valence-corrected chi connectivity index (χ1v) is 4.90. The van der Waals surface area contributed by atoms with Crippen LogP contribution in [0.5, 0.6) is 0 Å². The van der Waals surface area contributed by atoms with Crippen LogP contribution in [0.2, 0.25) is 0 Å². The van der Waals surface area contributed by atoms with Gasteiger partial charge in [-0.1, -0.05) is 24.1 Å². The fourth-order valence-corrected chi connectivity index (χ4v) is 0.942. The number of ether oxygens (including phenoxy) is 1. The van der Waals surface area contributed by atoms with Gasteiger partial charge in [-0.15, -0.1) is 0 Å². The molecule has 0 aliphatic rings. The van der Waals surface area contributed by atoms with E-state index in [-0.39, 0.29) is 18.5 Å². The Balaban J connectivity index is 2.48. The zero-order valence-electron chi connectivity index (χ0n) is 8.99. The molecule has 0 bridgehead atoms. The first-order valence-electron chi connectivity index (χ1n) is 4.90. The molecule has 0 N–H and O–H groups in total. The van der Waals surface area contributed by atoms with E-state index in [2.05, 4.69) is 11.8 Å². The normalized spacial score (nSPS) is 9.53. The molecule has 0 saturated heterocycles. The molecular formula is C13H14O2. The standard InChI is InChI=1S/C13H14O2/c1-11(2)15-10-13(14)9-8-12-6-4-3-5-7-12/h3-7,11H,10H2,1-2H3. The molecule has 0 unspecified atom stereocenters. The molecule has 0 heterocycles. The van der Waals surface area contributed by atoms with Crippen LogP contribution in [0, 0.1) is 11.8 Å². The number of rotatable bonds is 3. The van der Waals surface area contributed by atoms with Crippen molar-refractivity contribution in [2.75, 3.05) is 6.61 Å². The van der Waals surface area contributed by atoms with E-state index < -0.39 is 0 Å². The van der Waals surface area contributed by atoms with Crippen molar-refractivity contribution in [2.45, 2.75) is 20.0 Å². The van der Waals surface area contributed by atoms with Crippen molar-refractivity contribution in [3.05, 3.63) is 35.9 Å². The maximum absolute atomic E-state index is 11.2. The van der Waals surface area contributed by atoms with E-state index in [4.69, 9.17) is 4.74 Å². The summed E-state index contributed by atoms with van der Waals surface area (Å²) >= 11 is 0. The first-order chi connectivity index (χ1) is 7.18. The van der Waals surface area contributed by atoms with Crippen LogP contribution >= 0.6 is 0 Å². The molecule has 2 nitrogen and oxygen atoms in total. The van der Waals surface area contributed by atoms with Crippen molar-refractivity contribution in [3.63, 3.8) is 0 Å². The number of hydrogen-bond donors (Lipinski definition) is 0. The summed E-state index contributed by atoms with van der Waals surface area (Å²) in [6, 6.07) is 9.42. The van der Waals surface area contributed by atoms with E-state index in [1.807, 2.05) is 44.2 Å². The van der Waals surface area contributed by atoms with Gasteiger partial charge in [0.25, 0.3) is 0 Å². The minimum atomic E-state index is -0.187. The van der Waals surface area contributed by atoms with E-state index in [1.54, 1.807) is 0 Å². The third-order valence-corrected chi connectivity index (χ3v) is 1.67. The van der Waals surface area contributed by atoms with E-state index >= 15 is 0 Å². The predicted molar refractivity (Wildman–Crippen MR) is 59.4 cm³/mol. The van der Waals surface area contributed by atoms with Crippen molar-refractivity contribution in [3.8, 4) is 11.8 Å². The summed E-state index contributed by atoms with van der Waals surface area (Å²) in [5.41, 5.74) is 0.843. The van der Waals surface area contributed by atoms with Gasteiger partial charge < -0.3 is 4.74 Å². The molecule has 78 valence electrons. The van der Waals surface area contributed by atoms with Gasteiger partial charge in [0.1, 0.15) is 6.61 Å². The highest BCUT2D eigenvalue weighted by atomic mass is 16.5. The number of Topliss-reactive ketones (excluding diaryl/α,β-unsaturated/α-hetero) is 1. The van der Waals surface area contributed by atoms with Crippen LogP contribution in [0.3, 0.4) is 0 Å². The first kappa shape index (κ1) is 11.5. The van der Waals surface area contributed by atoms with E-state index in [9.17, 15) is 4.79 Å². The van der Waals surface area contributed by atoms with Crippen LogP contribution in [0.25, 0.3) is 0 Å². The molecule has 0 radical (unpaired) electrons. The molecule has 15 heavy (non-hydrogen) atoms. The number of carbonyl (C=O) groups is 1. The van der Waals surface area contributed by atoms with Gasteiger partial charge >= 0.3 is 0 Å². The van der Waals surface area contributed by atoms with Crippen LogP contribution in [0.4, 0.5) is 0 Å². The zero-order chi connectivity index (χ0) is 11.1. The Morgan fingerprint density at radius 1 is 1.33 bits per heavy atom. The Morgan fingerprint density at radius 3 is 2.60 bits per heavy atom. The van der Waals surface area contributed by atoms with Gasteiger partial charge in [0.05, 0.1) is 6.10 Å². The molecule has 0 aromatic heterocycles. The lowest BCUT2D eigenvalue weighted by Crippen LogP contribution is -2.11. The Labute approximate surface area is 90.3 Å². The molecule has 0 saturated carbocycles. The Kier molecular flexibility index (Phi) is 4.59. The summed E-state index contributed by atoms with van der Waals surface area (Å²) < 4.78 is 5.14. The van der Waals surface area contributed by atoms with Crippen molar-refractivity contribution in [1.82, 2.24) is 0 Å². The minimum absolute atomic E-state index is 0.0625. The number of hydrogen-bond acceptors (Lipinski definition) is 2. The van der Waals surface area contributed by atoms with Crippen molar-refractivity contribution < 1.29 is 9.53 Å². The number of benzene rings is 1. The summed E-state index contributed by atoms with van der Waals surface area (Å²) in [4.78, 5) is 11.2. The quantitative estimate of drug-likeness (QED) is 0.701. The average Bonchev–Trinajstić information content (AvgIpc) is 2.25. The third kappa shape index (κ3) is 4.99. The van der Waals surface area contributed by atoms with E-state index in [0.29, 0.717) is 0 Å². The lowest BCUT2D eigenvalue weighted by Gasteiger charge is -2.02. The Hall–Kier alpha value is -1.59. The number of ketones is 1. The van der Waals surface area contributed by atoms with Crippen LogP contribution in [-0.2, 0) is 9.53 Å². The average molecular weight is 202 g/mol. The molecular weight excluding hydrogens is 188 g/mol. The lowest BCUT2D eigenvalue weighted by molar-refractivity contribution is -0.119. The number of carbonyl (C=O) groups excluding carboxylic acids is 1. The molecule has 0 aliphatic heterocycles. The molecule has 2 heteroatoms. The fraction of sp³-hybridized carbons (Fsp3) is 0.308. The van der Waals surface area contributed by atoms with Crippen LogP contribution in [-0.4, -0.2) is 18.5 Å². The van der Waals surface area contributed by atoms with E-state index in [1.165, 1.54) is 0 Å². The van der Waals surface area contributed by atoms with Crippen LogP contribution < -0.4 is 0 Å².